The molecule has 0 aromatic rings. The van der Waals surface area contributed by atoms with E-state index in [1.165, 1.54) is 64.2 Å². The number of ether oxygens (including phenoxy) is 3. The van der Waals surface area contributed by atoms with Gasteiger partial charge in [-0.1, -0.05) is 206 Å². The van der Waals surface area contributed by atoms with Crippen LogP contribution >= 0.6 is 0 Å². The number of carbonyl (C=O) groups excluding carboxylic acids is 2. The molecule has 0 radical (unpaired) electrons. The third-order valence-electron chi connectivity index (χ3n) is 10.5. The van der Waals surface area contributed by atoms with Crippen LogP contribution in [0.25, 0.3) is 0 Å². The zero-order valence-electron chi connectivity index (χ0n) is 41.5. The van der Waals surface area contributed by atoms with Crippen LogP contribution in [0.3, 0.4) is 0 Å². The van der Waals surface area contributed by atoms with Gasteiger partial charge < -0.3 is 14.2 Å². The van der Waals surface area contributed by atoms with Crippen LogP contribution in [-0.2, 0) is 23.8 Å². The molecule has 0 aromatic carbocycles. The van der Waals surface area contributed by atoms with Gasteiger partial charge in [0.05, 0.1) is 13.2 Å². The third kappa shape index (κ3) is 50.9. The largest absolute Gasteiger partial charge is 0.462 e. The molecule has 0 aliphatic heterocycles. The number of allylic oxidation sites excluding steroid dienone is 19. The standard InChI is InChI=1S/C59H96O5/c1-4-7-10-13-16-19-22-25-27-29-30-31-32-35-37-40-43-46-49-52-58(60)63-56-57(64-59(61)53-50-47-44-41-38-34-24-21-18-15-12-9-6-3)55-62-54-51-48-45-42-39-36-33-28-26-23-20-17-14-11-8-5-2/h8,11-12,15-17,19-21,24-28,30-31,36,39,45,48,57H,4-7,9-10,13-14,18,22-23,29,32-35,37-38,40-44,46-47,49-56H2,1-3H3/b11-8-,15-12-,19-16-,20-17-,24-21-,27-25-,28-26-,31-30-,39-36-,48-45-. The van der Waals surface area contributed by atoms with Gasteiger partial charge in [-0.3, -0.25) is 9.59 Å². The van der Waals surface area contributed by atoms with E-state index >= 15 is 0 Å². The summed E-state index contributed by atoms with van der Waals surface area (Å²) in [7, 11) is 0. The summed E-state index contributed by atoms with van der Waals surface area (Å²) in [5.41, 5.74) is 0. The van der Waals surface area contributed by atoms with Crippen molar-refractivity contribution in [2.45, 2.75) is 219 Å². The monoisotopic (exact) mass is 885 g/mol. The molecule has 0 rings (SSSR count). The first-order valence-corrected chi connectivity index (χ1v) is 26.1. The Balaban J connectivity index is 4.42. The summed E-state index contributed by atoms with van der Waals surface area (Å²) in [5.74, 6) is -0.477. The van der Waals surface area contributed by atoms with Crippen LogP contribution < -0.4 is 0 Å². The van der Waals surface area contributed by atoms with E-state index in [9.17, 15) is 9.59 Å². The lowest BCUT2D eigenvalue weighted by Crippen LogP contribution is -2.30. The molecular formula is C59H96O5. The highest BCUT2D eigenvalue weighted by Gasteiger charge is 2.17. The Morgan fingerprint density at radius 1 is 0.359 bits per heavy atom. The summed E-state index contributed by atoms with van der Waals surface area (Å²) >= 11 is 0. The summed E-state index contributed by atoms with van der Waals surface area (Å²) in [4.78, 5) is 25.4. The van der Waals surface area contributed by atoms with Crippen molar-refractivity contribution in [1.29, 1.82) is 0 Å². The molecule has 0 N–H and O–H groups in total. The topological polar surface area (TPSA) is 61.8 Å². The van der Waals surface area contributed by atoms with Crippen LogP contribution in [0.15, 0.2) is 122 Å². The lowest BCUT2D eigenvalue weighted by atomic mass is 10.1. The quantitative estimate of drug-likeness (QED) is 0.0346. The molecule has 0 heterocycles. The Morgan fingerprint density at radius 3 is 1.19 bits per heavy atom. The van der Waals surface area contributed by atoms with Crippen LogP contribution in [0.4, 0.5) is 0 Å². The molecule has 0 aliphatic rings. The third-order valence-corrected chi connectivity index (χ3v) is 10.5. The van der Waals surface area contributed by atoms with E-state index in [4.69, 9.17) is 14.2 Å². The van der Waals surface area contributed by atoms with Gasteiger partial charge >= 0.3 is 11.9 Å². The van der Waals surface area contributed by atoms with Crippen molar-refractivity contribution in [3.8, 4) is 0 Å². The molecule has 0 bridgehead atoms. The fourth-order valence-corrected chi connectivity index (χ4v) is 6.62. The Bertz CT molecular complexity index is 1320. The van der Waals surface area contributed by atoms with Crippen LogP contribution in [0, 0.1) is 0 Å². The summed E-state index contributed by atoms with van der Waals surface area (Å²) in [6, 6.07) is 0. The van der Waals surface area contributed by atoms with Crippen molar-refractivity contribution in [2.24, 2.45) is 0 Å². The fourth-order valence-electron chi connectivity index (χ4n) is 6.62. The molecule has 0 aromatic heterocycles. The number of rotatable bonds is 46. The zero-order valence-corrected chi connectivity index (χ0v) is 41.5. The zero-order chi connectivity index (χ0) is 46.3. The minimum atomic E-state index is -0.597. The minimum absolute atomic E-state index is 0.0354. The van der Waals surface area contributed by atoms with E-state index in [0.29, 0.717) is 19.4 Å². The summed E-state index contributed by atoms with van der Waals surface area (Å²) in [6.45, 7) is 7.37. The van der Waals surface area contributed by atoms with Crippen molar-refractivity contribution in [3.05, 3.63) is 122 Å². The summed E-state index contributed by atoms with van der Waals surface area (Å²) in [5, 5.41) is 0. The SMILES string of the molecule is CC/C=C\C/C=C\C/C=C\C/C=C\C/C=C\CCOCC(COC(=O)CCCCCCCC/C=C\C/C=C\C/C=C\CCCCC)OC(=O)CCCCCCC/C=C\C/C=C\CCC. The average molecular weight is 885 g/mol. The predicted molar refractivity (Wildman–Crippen MR) is 279 cm³/mol. The molecule has 0 fully saturated rings. The number of hydrogen-bond acceptors (Lipinski definition) is 5. The van der Waals surface area contributed by atoms with Crippen LogP contribution in [0.1, 0.15) is 213 Å². The molecule has 1 atom stereocenters. The van der Waals surface area contributed by atoms with Crippen LogP contribution in [0.5, 0.6) is 0 Å². The maximum absolute atomic E-state index is 12.8. The predicted octanol–water partition coefficient (Wildman–Crippen LogP) is 17.8. The highest BCUT2D eigenvalue weighted by molar-refractivity contribution is 5.70. The molecular weight excluding hydrogens is 789 g/mol. The van der Waals surface area contributed by atoms with Gasteiger partial charge in [0.1, 0.15) is 6.61 Å². The maximum Gasteiger partial charge on any atom is 0.306 e. The summed E-state index contributed by atoms with van der Waals surface area (Å²) < 4.78 is 17.3. The van der Waals surface area contributed by atoms with Gasteiger partial charge in [0.2, 0.25) is 0 Å². The summed E-state index contributed by atoms with van der Waals surface area (Å²) in [6.07, 6.45) is 75.1. The van der Waals surface area contributed by atoms with Gasteiger partial charge in [-0.15, -0.1) is 0 Å². The van der Waals surface area contributed by atoms with E-state index < -0.39 is 6.10 Å². The van der Waals surface area contributed by atoms with Crippen molar-refractivity contribution < 1.29 is 23.8 Å². The van der Waals surface area contributed by atoms with Gasteiger partial charge in [0.25, 0.3) is 0 Å². The van der Waals surface area contributed by atoms with Gasteiger partial charge in [-0.05, 0) is 116 Å². The van der Waals surface area contributed by atoms with Crippen molar-refractivity contribution >= 4 is 11.9 Å². The molecule has 1 unspecified atom stereocenters. The molecule has 5 nitrogen and oxygen atoms in total. The smallest absolute Gasteiger partial charge is 0.306 e. The average Bonchev–Trinajstić information content (AvgIpc) is 3.30. The number of carbonyl (C=O) groups is 2. The van der Waals surface area contributed by atoms with Gasteiger partial charge in [-0.2, -0.15) is 0 Å². The molecule has 64 heavy (non-hydrogen) atoms. The Kier molecular flexibility index (Phi) is 50.5. The molecule has 0 saturated carbocycles. The molecule has 0 saturated heterocycles. The lowest BCUT2D eigenvalue weighted by Gasteiger charge is -2.18. The van der Waals surface area contributed by atoms with E-state index in [1.54, 1.807) is 0 Å². The second-order valence-electron chi connectivity index (χ2n) is 16.7. The van der Waals surface area contributed by atoms with E-state index in [1.807, 2.05) is 0 Å². The molecule has 0 aliphatic carbocycles. The van der Waals surface area contributed by atoms with E-state index in [0.717, 1.165) is 116 Å². The normalized spacial score (nSPS) is 13.2. The molecule has 0 spiro atoms. The first kappa shape index (κ1) is 60.3. The van der Waals surface area contributed by atoms with E-state index in [2.05, 4.69) is 142 Å². The highest BCUT2D eigenvalue weighted by Crippen LogP contribution is 2.12. The van der Waals surface area contributed by atoms with Crippen LogP contribution in [-0.4, -0.2) is 37.9 Å². The second kappa shape index (κ2) is 53.6. The van der Waals surface area contributed by atoms with Crippen molar-refractivity contribution in [2.75, 3.05) is 19.8 Å². The first-order valence-electron chi connectivity index (χ1n) is 26.1. The highest BCUT2D eigenvalue weighted by atomic mass is 16.6. The van der Waals surface area contributed by atoms with Gasteiger partial charge in [-0.25, -0.2) is 0 Å². The Morgan fingerprint density at radius 2 is 0.734 bits per heavy atom. The van der Waals surface area contributed by atoms with E-state index in [-0.39, 0.29) is 25.2 Å². The molecule has 362 valence electrons. The van der Waals surface area contributed by atoms with Crippen molar-refractivity contribution in [3.63, 3.8) is 0 Å². The fraction of sp³-hybridized carbons (Fsp3) is 0.627. The molecule has 5 heteroatoms. The lowest BCUT2D eigenvalue weighted by molar-refractivity contribution is -0.162. The van der Waals surface area contributed by atoms with Gasteiger partial charge in [0.15, 0.2) is 6.10 Å². The van der Waals surface area contributed by atoms with Gasteiger partial charge in [0, 0.05) is 12.8 Å². The Hall–Kier alpha value is -3.70. The minimum Gasteiger partial charge on any atom is -0.462 e. The molecule has 0 amide bonds. The number of hydrogen-bond donors (Lipinski definition) is 0. The number of unbranched alkanes of at least 4 members (excludes halogenated alkanes) is 15. The maximum atomic E-state index is 12.8. The Labute approximate surface area is 395 Å². The van der Waals surface area contributed by atoms with Crippen LogP contribution in [0.2, 0.25) is 0 Å². The first-order chi connectivity index (χ1) is 31.6. The second-order valence-corrected chi connectivity index (χ2v) is 16.7. The number of esters is 2. The van der Waals surface area contributed by atoms with Crippen molar-refractivity contribution in [1.82, 2.24) is 0 Å².